The Morgan fingerprint density at radius 2 is 2.26 bits per heavy atom. The molecule has 0 bridgehead atoms. The largest absolute Gasteiger partial charge is 0.349 e. The summed E-state index contributed by atoms with van der Waals surface area (Å²) in [6, 6.07) is 9.79. The molecule has 120 valence electrons. The maximum absolute atomic E-state index is 12.2. The first-order valence-electron chi connectivity index (χ1n) is 7.70. The lowest BCUT2D eigenvalue weighted by Gasteiger charge is -2.26. The summed E-state index contributed by atoms with van der Waals surface area (Å²) < 4.78 is 0. The topological polar surface area (TPSA) is 74.8 Å². The molecule has 23 heavy (non-hydrogen) atoms. The molecule has 1 heterocycles. The zero-order valence-corrected chi connectivity index (χ0v) is 13.8. The second kappa shape index (κ2) is 7.00. The number of aryl methyl sites for hydroxylation is 2. The Labute approximate surface area is 138 Å². The molecule has 0 aliphatic heterocycles. The maximum Gasteiger partial charge on any atom is 0.251 e. The van der Waals surface area contributed by atoms with E-state index in [1.54, 1.807) is 6.92 Å². The average molecular weight is 329 g/mol. The number of carbonyl (C=O) groups is 1. The highest BCUT2D eigenvalue weighted by molar-refractivity contribution is 7.99. The molecule has 3 rings (SSSR count). The van der Waals surface area contributed by atoms with Crippen molar-refractivity contribution in [2.24, 2.45) is 0 Å². The monoisotopic (exact) mass is 329 g/mol. The van der Waals surface area contributed by atoms with E-state index >= 15 is 0 Å². The van der Waals surface area contributed by atoms with E-state index in [1.807, 2.05) is 12.1 Å². The van der Waals surface area contributed by atoms with Crippen molar-refractivity contribution < 1.29 is 4.79 Å². The number of nitrogens with zero attached hydrogens (tertiary/aromatic N) is 1. The van der Waals surface area contributed by atoms with Gasteiger partial charge in [-0.05, 0) is 37.3 Å². The number of amides is 1. The number of nitrogens with one attached hydrogen (secondary N) is 2. The zero-order valence-electron chi connectivity index (χ0n) is 13.0. The first-order chi connectivity index (χ1) is 11.1. The first-order valence-corrected chi connectivity index (χ1v) is 8.68. The summed E-state index contributed by atoms with van der Waals surface area (Å²) in [5.74, 6) is 0.200. The summed E-state index contributed by atoms with van der Waals surface area (Å²) in [7, 11) is 0. The molecule has 2 aromatic rings. The molecule has 1 atom stereocenters. The predicted molar refractivity (Wildman–Crippen MR) is 90.6 cm³/mol. The van der Waals surface area contributed by atoms with Crippen LogP contribution in [0.15, 0.2) is 40.3 Å². The van der Waals surface area contributed by atoms with Crippen LogP contribution in [0.5, 0.6) is 0 Å². The van der Waals surface area contributed by atoms with Gasteiger partial charge in [0.05, 0.1) is 11.8 Å². The van der Waals surface area contributed by atoms with E-state index in [9.17, 15) is 9.59 Å². The quantitative estimate of drug-likeness (QED) is 0.667. The lowest BCUT2D eigenvalue weighted by molar-refractivity contribution is -0.119. The van der Waals surface area contributed by atoms with Crippen LogP contribution >= 0.6 is 11.8 Å². The lowest BCUT2D eigenvalue weighted by atomic mass is 9.88. The minimum atomic E-state index is -0.193. The molecule has 1 amide bonds. The van der Waals surface area contributed by atoms with Gasteiger partial charge in [-0.2, -0.15) is 0 Å². The highest BCUT2D eigenvalue weighted by atomic mass is 32.2. The van der Waals surface area contributed by atoms with E-state index in [1.165, 1.54) is 29.0 Å². The van der Waals surface area contributed by atoms with E-state index < -0.39 is 0 Å². The van der Waals surface area contributed by atoms with Crippen molar-refractivity contribution in [2.75, 3.05) is 5.75 Å². The summed E-state index contributed by atoms with van der Waals surface area (Å²) >= 11 is 1.25. The van der Waals surface area contributed by atoms with Crippen LogP contribution in [-0.4, -0.2) is 21.6 Å². The van der Waals surface area contributed by atoms with Gasteiger partial charge in [-0.15, -0.1) is 0 Å². The average Bonchev–Trinajstić information content (AvgIpc) is 2.52. The number of benzene rings is 1. The number of carbonyl (C=O) groups excluding carboxylic acids is 1. The summed E-state index contributed by atoms with van der Waals surface area (Å²) in [4.78, 5) is 30.5. The molecule has 1 aromatic carbocycles. The Balaban J connectivity index is 1.61. The Morgan fingerprint density at radius 3 is 3.09 bits per heavy atom. The summed E-state index contributed by atoms with van der Waals surface area (Å²) in [6.45, 7) is 1.76. The molecule has 1 aliphatic carbocycles. The van der Waals surface area contributed by atoms with Gasteiger partial charge in [-0.1, -0.05) is 36.0 Å². The fourth-order valence-corrected chi connectivity index (χ4v) is 3.63. The molecule has 0 unspecified atom stereocenters. The van der Waals surface area contributed by atoms with Gasteiger partial charge in [-0.25, -0.2) is 4.98 Å². The standard InChI is InChI=1S/C17H19N3O2S/c1-11-9-15(21)20-17(18-11)23-10-16(22)19-14-8-4-6-12-5-2-3-7-13(12)14/h2-3,5,7,9,14H,4,6,8,10H2,1H3,(H,19,22)(H,18,20,21)/t14-/m1/s1. The van der Waals surface area contributed by atoms with Gasteiger partial charge >= 0.3 is 0 Å². The summed E-state index contributed by atoms with van der Waals surface area (Å²) in [6.07, 6.45) is 3.13. The van der Waals surface area contributed by atoms with E-state index in [-0.39, 0.29) is 23.3 Å². The Kier molecular flexibility index (Phi) is 4.81. The van der Waals surface area contributed by atoms with Crippen LogP contribution in [0.3, 0.4) is 0 Å². The Bertz CT molecular complexity index is 772. The van der Waals surface area contributed by atoms with Gasteiger partial charge in [0, 0.05) is 11.8 Å². The smallest absolute Gasteiger partial charge is 0.251 e. The minimum absolute atomic E-state index is 0.0409. The highest BCUT2D eigenvalue weighted by Crippen LogP contribution is 2.29. The van der Waals surface area contributed by atoms with Crippen molar-refractivity contribution in [3.8, 4) is 0 Å². The van der Waals surface area contributed by atoms with Gasteiger partial charge < -0.3 is 10.3 Å². The Hall–Kier alpha value is -2.08. The zero-order chi connectivity index (χ0) is 16.2. The lowest BCUT2D eigenvalue weighted by Crippen LogP contribution is -2.32. The number of hydrogen-bond donors (Lipinski definition) is 2. The van der Waals surface area contributed by atoms with Gasteiger partial charge in [0.2, 0.25) is 5.91 Å². The number of hydrogen-bond acceptors (Lipinski definition) is 4. The van der Waals surface area contributed by atoms with Crippen molar-refractivity contribution >= 4 is 17.7 Å². The molecule has 0 saturated carbocycles. The van der Waals surface area contributed by atoms with Crippen LogP contribution in [0.2, 0.25) is 0 Å². The van der Waals surface area contributed by atoms with Gasteiger partial charge in [0.15, 0.2) is 5.16 Å². The van der Waals surface area contributed by atoms with Gasteiger partial charge in [0.1, 0.15) is 0 Å². The second-order valence-corrected chi connectivity index (χ2v) is 6.66. The van der Waals surface area contributed by atoms with Crippen LogP contribution < -0.4 is 10.9 Å². The van der Waals surface area contributed by atoms with Crippen molar-refractivity contribution in [3.05, 3.63) is 57.5 Å². The normalized spacial score (nSPS) is 16.7. The van der Waals surface area contributed by atoms with Crippen LogP contribution in [0.4, 0.5) is 0 Å². The molecule has 0 radical (unpaired) electrons. The summed E-state index contributed by atoms with van der Waals surface area (Å²) in [5.41, 5.74) is 3.00. The molecular weight excluding hydrogens is 310 g/mol. The second-order valence-electron chi connectivity index (χ2n) is 5.69. The number of thioether (sulfide) groups is 1. The fourth-order valence-electron chi connectivity index (χ4n) is 2.89. The molecule has 1 aromatic heterocycles. The van der Waals surface area contributed by atoms with Crippen molar-refractivity contribution in [1.82, 2.24) is 15.3 Å². The molecule has 1 aliphatic rings. The Morgan fingerprint density at radius 1 is 1.43 bits per heavy atom. The highest BCUT2D eigenvalue weighted by Gasteiger charge is 2.21. The number of fused-ring (bicyclic) bond motifs is 1. The SMILES string of the molecule is Cc1cc(=O)[nH]c(SCC(=O)N[C@@H]2CCCc3ccccc32)n1. The third-order valence-corrected chi connectivity index (χ3v) is 4.77. The minimum Gasteiger partial charge on any atom is -0.349 e. The number of H-pyrrole nitrogens is 1. The summed E-state index contributed by atoms with van der Waals surface area (Å²) in [5, 5.41) is 3.58. The maximum atomic E-state index is 12.2. The number of aromatic nitrogens is 2. The molecule has 0 fully saturated rings. The fraction of sp³-hybridized carbons (Fsp3) is 0.353. The number of aromatic amines is 1. The van der Waals surface area contributed by atoms with Crippen molar-refractivity contribution in [3.63, 3.8) is 0 Å². The first kappa shape index (κ1) is 15.8. The van der Waals surface area contributed by atoms with E-state index in [2.05, 4.69) is 27.4 Å². The molecule has 2 N–H and O–H groups in total. The third-order valence-electron chi connectivity index (χ3n) is 3.89. The van der Waals surface area contributed by atoms with Crippen LogP contribution in [-0.2, 0) is 11.2 Å². The van der Waals surface area contributed by atoms with E-state index in [0.29, 0.717) is 10.9 Å². The molecule has 5 nitrogen and oxygen atoms in total. The van der Waals surface area contributed by atoms with E-state index in [4.69, 9.17) is 0 Å². The van der Waals surface area contributed by atoms with Crippen LogP contribution in [0.25, 0.3) is 0 Å². The van der Waals surface area contributed by atoms with Crippen LogP contribution in [0, 0.1) is 6.92 Å². The number of rotatable bonds is 4. The molecule has 0 saturated heterocycles. The van der Waals surface area contributed by atoms with Gasteiger partial charge in [-0.3, -0.25) is 9.59 Å². The van der Waals surface area contributed by atoms with E-state index in [0.717, 1.165) is 19.3 Å². The van der Waals surface area contributed by atoms with Crippen molar-refractivity contribution in [1.29, 1.82) is 0 Å². The van der Waals surface area contributed by atoms with Gasteiger partial charge in [0.25, 0.3) is 5.56 Å². The molecular formula is C17H19N3O2S. The molecule has 0 spiro atoms. The van der Waals surface area contributed by atoms with Crippen LogP contribution in [0.1, 0.15) is 35.7 Å². The van der Waals surface area contributed by atoms with Crippen molar-refractivity contribution in [2.45, 2.75) is 37.4 Å². The predicted octanol–water partition coefficient (Wildman–Crippen LogP) is 2.36. The molecule has 6 heteroatoms. The third kappa shape index (κ3) is 4.01.